The third-order valence-corrected chi connectivity index (χ3v) is 5.98. The van der Waals surface area contributed by atoms with Crippen molar-refractivity contribution in [2.75, 3.05) is 6.54 Å². The summed E-state index contributed by atoms with van der Waals surface area (Å²) in [5.74, 6) is 0. The summed E-state index contributed by atoms with van der Waals surface area (Å²) in [5.41, 5.74) is 3.42. The molecule has 1 fully saturated rings. The number of rotatable bonds is 6. The predicted molar refractivity (Wildman–Crippen MR) is 100 cm³/mol. The summed E-state index contributed by atoms with van der Waals surface area (Å²) < 4.78 is 29.3. The highest BCUT2D eigenvalue weighted by atomic mass is 32.2. The van der Waals surface area contributed by atoms with Crippen LogP contribution in [0.25, 0.3) is 10.9 Å². The molecule has 1 saturated carbocycles. The number of aromatic nitrogens is 1. The number of aryl methyl sites for hydroxylation is 2. The van der Waals surface area contributed by atoms with Crippen LogP contribution in [0.5, 0.6) is 0 Å². The smallest absolute Gasteiger partial charge is 0.277 e. The Balaban J connectivity index is 1.68. The summed E-state index contributed by atoms with van der Waals surface area (Å²) in [7, 11) is -3.52. The number of benzene rings is 1. The largest absolute Gasteiger partial charge is 0.322 e. The van der Waals surface area contributed by atoms with Crippen molar-refractivity contribution in [2.45, 2.75) is 52.0 Å². The lowest BCUT2D eigenvalue weighted by molar-refractivity contribution is 0.539. The van der Waals surface area contributed by atoms with Gasteiger partial charge in [0, 0.05) is 29.1 Å². The summed E-state index contributed by atoms with van der Waals surface area (Å²) in [4.78, 5) is 15.1. The maximum Gasteiger partial charge on any atom is 0.277 e. The molecule has 1 aliphatic rings. The molecule has 1 aliphatic carbocycles. The number of hydrogen-bond donors (Lipinski definition) is 3. The highest BCUT2D eigenvalue weighted by Crippen LogP contribution is 2.19. The second-order valence-electron chi connectivity index (χ2n) is 6.91. The van der Waals surface area contributed by atoms with Crippen molar-refractivity contribution >= 4 is 21.1 Å². The molecule has 0 aliphatic heterocycles. The quantitative estimate of drug-likeness (QED) is 0.734. The average Bonchev–Trinajstić information content (AvgIpc) is 3.00. The number of pyridine rings is 1. The molecule has 7 heteroatoms. The lowest BCUT2D eigenvalue weighted by atomic mass is 10.0. The summed E-state index contributed by atoms with van der Waals surface area (Å²) in [6.07, 6.45) is 4.27. The van der Waals surface area contributed by atoms with E-state index in [4.69, 9.17) is 0 Å². The normalized spacial score (nSPS) is 15.9. The molecule has 0 atom stereocenters. The van der Waals surface area contributed by atoms with Crippen LogP contribution in [0, 0.1) is 13.8 Å². The van der Waals surface area contributed by atoms with Gasteiger partial charge in [-0.2, -0.15) is 13.1 Å². The summed E-state index contributed by atoms with van der Waals surface area (Å²) in [6.45, 7) is 4.19. The lowest BCUT2D eigenvalue weighted by Gasteiger charge is -2.13. The molecule has 25 heavy (non-hydrogen) atoms. The zero-order chi connectivity index (χ0) is 18.0. The average molecular weight is 363 g/mol. The summed E-state index contributed by atoms with van der Waals surface area (Å²) in [6, 6.07) is 5.91. The molecule has 0 saturated heterocycles. The molecular weight excluding hydrogens is 338 g/mol. The van der Waals surface area contributed by atoms with Crippen molar-refractivity contribution in [1.82, 2.24) is 14.4 Å². The third-order valence-electron chi connectivity index (χ3n) is 4.75. The van der Waals surface area contributed by atoms with Crippen molar-refractivity contribution in [1.29, 1.82) is 0 Å². The number of nitrogens with one attached hydrogen (secondary N) is 3. The molecule has 1 aromatic heterocycles. The van der Waals surface area contributed by atoms with E-state index in [0.29, 0.717) is 12.0 Å². The van der Waals surface area contributed by atoms with E-state index in [1.54, 1.807) is 0 Å². The van der Waals surface area contributed by atoms with E-state index in [9.17, 15) is 13.2 Å². The minimum Gasteiger partial charge on any atom is -0.322 e. The minimum absolute atomic E-state index is 0.0347. The maximum absolute atomic E-state index is 12.2. The van der Waals surface area contributed by atoms with Crippen LogP contribution in [0.2, 0.25) is 0 Å². The molecular formula is C18H25N3O3S. The van der Waals surface area contributed by atoms with Gasteiger partial charge in [-0.25, -0.2) is 4.72 Å². The van der Waals surface area contributed by atoms with Crippen LogP contribution in [-0.2, 0) is 16.6 Å². The Hall–Kier alpha value is -1.70. The van der Waals surface area contributed by atoms with Crippen molar-refractivity contribution in [3.05, 3.63) is 45.2 Å². The molecule has 1 heterocycles. The standard InChI is InChI=1S/C18H25N3O3S/c1-12-9-13(2)16-11-14(18(22)20-17(16)10-12)7-8-19-25(23,24)21-15-5-3-4-6-15/h9-11,15,19,21H,3-8H2,1-2H3,(H,20,22). The van der Waals surface area contributed by atoms with Gasteiger partial charge in [-0.3, -0.25) is 4.79 Å². The first-order chi connectivity index (χ1) is 11.8. The Labute approximate surface area is 148 Å². The van der Waals surface area contributed by atoms with Gasteiger partial charge in [0.15, 0.2) is 0 Å². The summed E-state index contributed by atoms with van der Waals surface area (Å²) in [5, 5.41) is 0.993. The lowest BCUT2D eigenvalue weighted by Crippen LogP contribution is -2.42. The second kappa shape index (κ2) is 7.27. The van der Waals surface area contributed by atoms with Crippen molar-refractivity contribution in [2.24, 2.45) is 0 Å². The van der Waals surface area contributed by atoms with Gasteiger partial charge in [0.25, 0.3) is 15.8 Å². The number of hydrogen-bond acceptors (Lipinski definition) is 3. The first-order valence-corrected chi connectivity index (χ1v) is 10.2. The van der Waals surface area contributed by atoms with Crippen LogP contribution in [0.4, 0.5) is 0 Å². The molecule has 0 radical (unpaired) electrons. The Morgan fingerprint density at radius 1 is 1.16 bits per heavy atom. The summed E-state index contributed by atoms with van der Waals surface area (Å²) >= 11 is 0. The van der Waals surface area contributed by atoms with E-state index in [1.165, 1.54) is 0 Å². The fourth-order valence-electron chi connectivity index (χ4n) is 3.53. The van der Waals surface area contributed by atoms with Gasteiger partial charge in [-0.15, -0.1) is 0 Å². The monoisotopic (exact) mass is 363 g/mol. The topological polar surface area (TPSA) is 91.1 Å². The van der Waals surface area contributed by atoms with Gasteiger partial charge in [0.05, 0.1) is 0 Å². The molecule has 2 aromatic rings. The minimum atomic E-state index is -3.52. The first-order valence-electron chi connectivity index (χ1n) is 8.74. The van der Waals surface area contributed by atoms with Crippen LogP contribution in [0.1, 0.15) is 42.4 Å². The van der Waals surface area contributed by atoms with E-state index in [0.717, 1.165) is 47.7 Å². The second-order valence-corrected chi connectivity index (χ2v) is 8.45. The zero-order valence-corrected chi connectivity index (χ0v) is 15.5. The molecule has 0 amide bonds. The Bertz CT molecular complexity index is 928. The van der Waals surface area contributed by atoms with Gasteiger partial charge in [0.2, 0.25) is 0 Å². The fourth-order valence-corrected chi connectivity index (χ4v) is 4.66. The van der Waals surface area contributed by atoms with E-state index >= 15 is 0 Å². The first kappa shape index (κ1) is 18.1. The van der Waals surface area contributed by atoms with E-state index < -0.39 is 10.2 Å². The van der Waals surface area contributed by atoms with E-state index in [-0.39, 0.29) is 18.1 Å². The maximum atomic E-state index is 12.2. The number of aromatic amines is 1. The van der Waals surface area contributed by atoms with Crippen molar-refractivity contribution in [3.63, 3.8) is 0 Å². The van der Waals surface area contributed by atoms with Gasteiger partial charge in [-0.1, -0.05) is 18.9 Å². The molecule has 0 unspecified atom stereocenters. The highest BCUT2D eigenvalue weighted by molar-refractivity contribution is 7.87. The van der Waals surface area contributed by atoms with Crippen LogP contribution in [-0.4, -0.2) is 26.0 Å². The van der Waals surface area contributed by atoms with Crippen LogP contribution < -0.4 is 15.0 Å². The molecule has 6 nitrogen and oxygen atoms in total. The molecule has 136 valence electrons. The van der Waals surface area contributed by atoms with Crippen LogP contribution in [0.15, 0.2) is 23.0 Å². The fraction of sp³-hybridized carbons (Fsp3) is 0.500. The third kappa shape index (κ3) is 4.48. The van der Waals surface area contributed by atoms with Gasteiger partial charge in [0.1, 0.15) is 0 Å². The van der Waals surface area contributed by atoms with Crippen molar-refractivity contribution in [3.8, 4) is 0 Å². The Morgan fingerprint density at radius 2 is 1.88 bits per heavy atom. The predicted octanol–water partition coefficient (Wildman–Crippen LogP) is 2.05. The van der Waals surface area contributed by atoms with Crippen LogP contribution in [0.3, 0.4) is 0 Å². The number of H-pyrrole nitrogens is 1. The molecule has 3 N–H and O–H groups in total. The molecule has 1 aromatic carbocycles. The van der Waals surface area contributed by atoms with Gasteiger partial charge < -0.3 is 4.98 Å². The van der Waals surface area contributed by atoms with Gasteiger partial charge >= 0.3 is 0 Å². The number of fused-ring (bicyclic) bond motifs is 1. The Morgan fingerprint density at radius 3 is 2.60 bits per heavy atom. The van der Waals surface area contributed by atoms with E-state index in [1.807, 2.05) is 26.0 Å². The SMILES string of the molecule is Cc1cc(C)c2cc(CCNS(=O)(=O)NC3CCCC3)c(=O)[nH]c2c1. The van der Waals surface area contributed by atoms with E-state index in [2.05, 4.69) is 20.5 Å². The zero-order valence-electron chi connectivity index (χ0n) is 14.7. The van der Waals surface area contributed by atoms with Gasteiger partial charge in [-0.05, 0) is 56.4 Å². The van der Waals surface area contributed by atoms with Crippen LogP contribution >= 0.6 is 0 Å². The highest BCUT2D eigenvalue weighted by Gasteiger charge is 2.20. The molecule has 3 rings (SSSR count). The van der Waals surface area contributed by atoms with Crippen molar-refractivity contribution < 1.29 is 8.42 Å². The Kier molecular flexibility index (Phi) is 5.27. The molecule has 0 spiro atoms. The molecule has 0 bridgehead atoms.